The van der Waals surface area contributed by atoms with E-state index in [9.17, 15) is 13.2 Å². The normalized spacial score (nSPS) is 17.0. The van der Waals surface area contributed by atoms with E-state index in [0.717, 1.165) is 25.9 Å². The lowest BCUT2D eigenvalue weighted by molar-refractivity contribution is 0.0577. The fourth-order valence-corrected chi connectivity index (χ4v) is 4.80. The fraction of sp³-hybridized carbons (Fsp3) is 0.588. The number of aryl methyl sites for hydroxylation is 2. The van der Waals surface area contributed by atoms with Crippen molar-refractivity contribution < 1.29 is 13.2 Å². The van der Waals surface area contributed by atoms with E-state index >= 15 is 0 Å². The molecule has 0 aliphatic carbocycles. The SMILES string of the molecule is COCC1(CNS(=O)(=O)c2ccc3c(c2)n(C)c(=O)n3C)CCNCC1.Cl. The van der Waals surface area contributed by atoms with Gasteiger partial charge < -0.3 is 10.1 Å². The average Bonchev–Trinajstić information content (AvgIpc) is 2.85. The van der Waals surface area contributed by atoms with Crippen molar-refractivity contribution in [2.45, 2.75) is 17.7 Å². The van der Waals surface area contributed by atoms with Crippen LogP contribution in [0.3, 0.4) is 0 Å². The van der Waals surface area contributed by atoms with E-state index in [1.165, 1.54) is 15.2 Å². The lowest BCUT2D eigenvalue weighted by Crippen LogP contribution is -2.47. The van der Waals surface area contributed by atoms with Gasteiger partial charge in [0.25, 0.3) is 0 Å². The number of piperidine rings is 1. The van der Waals surface area contributed by atoms with Crippen LogP contribution in [0.15, 0.2) is 27.9 Å². The predicted molar refractivity (Wildman–Crippen MR) is 107 cm³/mol. The highest BCUT2D eigenvalue weighted by Gasteiger charge is 2.33. The van der Waals surface area contributed by atoms with Crippen LogP contribution in [0, 0.1) is 5.41 Å². The molecule has 2 aromatic rings. The number of sulfonamides is 1. The quantitative estimate of drug-likeness (QED) is 0.716. The van der Waals surface area contributed by atoms with Crippen molar-refractivity contribution in [3.63, 3.8) is 0 Å². The number of rotatable bonds is 6. The topological polar surface area (TPSA) is 94.4 Å². The van der Waals surface area contributed by atoms with Gasteiger partial charge in [-0.05, 0) is 44.1 Å². The maximum absolute atomic E-state index is 12.8. The third-order valence-electron chi connectivity index (χ3n) is 5.31. The Labute approximate surface area is 165 Å². The molecule has 1 aromatic heterocycles. The molecule has 3 rings (SSSR count). The van der Waals surface area contributed by atoms with Crippen LogP contribution in [-0.4, -0.2) is 50.9 Å². The summed E-state index contributed by atoms with van der Waals surface area (Å²) in [4.78, 5) is 12.2. The lowest BCUT2D eigenvalue weighted by Gasteiger charge is -2.37. The van der Waals surface area contributed by atoms with Crippen molar-refractivity contribution in [3.8, 4) is 0 Å². The molecule has 152 valence electrons. The first kappa shape index (κ1) is 21.9. The van der Waals surface area contributed by atoms with Crippen molar-refractivity contribution in [1.29, 1.82) is 0 Å². The number of aromatic nitrogens is 2. The molecule has 2 N–H and O–H groups in total. The van der Waals surface area contributed by atoms with Gasteiger partial charge in [0, 0.05) is 33.2 Å². The van der Waals surface area contributed by atoms with Gasteiger partial charge >= 0.3 is 5.69 Å². The summed E-state index contributed by atoms with van der Waals surface area (Å²) in [6.45, 7) is 2.55. The first-order chi connectivity index (χ1) is 12.3. The maximum atomic E-state index is 12.8. The van der Waals surface area contributed by atoms with E-state index in [0.29, 0.717) is 24.2 Å². The van der Waals surface area contributed by atoms with Crippen LogP contribution in [0.25, 0.3) is 11.0 Å². The highest BCUT2D eigenvalue weighted by Crippen LogP contribution is 2.29. The number of nitrogens with zero attached hydrogens (tertiary/aromatic N) is 2. The largest absolute Gasteiger partial charge is 0.384 e. The number of methoxy groups -OCH3 is 1. The summed E-state index contributed by atoms with van der Waals surface area (Å²) in [6, 6.07) is 4.75. The van der Waals surface area contributed by atoms with Gasteiger partial charge in [-0.1, -0.05) is 0 Å². The Morgan fingerprint density at radius 1 is 1.19 bits per heavy atom. The summed E-state index contributed by atoms with van der Waals surface area (Å²) in [6.07, 6.45) is 1.71. The first-order valence-corrected chi connectivity index (χ1v) is 10.1. The van der Waals surface area contributed by atoms with Crippen LogP contribution in [0.1, 0.15) is 12.8 Å². The van der Waals surface area contributed by atoms with Gasteiger partial charge in [0.1, 0.15) is 0 Å². The molecule has 0 spiro atoms. The predicted octanol–water partition coefficient (Wildman–Crippen LogP) is 0.593. The number of benzene rings is 1. The van der Waals surface area contributed by atoms with Gasteiger partial charge in [-0.15, -0.1) is 12.4 Å². The molecule has 27 heavy (non-hydrogen) atoms. The third kappa shape index (κ3) is 4.22. The van der Waals surface area contributed by atoms with Crippen molar-refractivity contribution in [2.75, 3.05) is 33.4 Å². The van der Waals surface area contributed by atoms with E-state index in [-0.39, 0.29) is 28.4 Å². The van der Waals surface area contributed by atoms with Gasteiger partial charge in [-0.2, -0.15) is 0 Å². The van der Waals surface area contributed by atoms with Crippen LogP contribution in [0.2, 0.25) is 0 Å². The van der Waals surface area contributed by atoms with Gasteiger partial charge in [-0.3, -0.25) is 9.13 Å². The minimum absolute atomic E-state index is 0. The summed E-state index contributed by atoms with van der Waals surface area (Å²) in [5.41, 5.74) is 0.910. The molecule has 0 amide bonds. The van der Waals surface area contributed by atoms with Crippen molar-refractivity contribution in [3.05, 3.63) is 28.7 Å². The van der Waals surface area contributed by atoms with E-state index in [2.05, 4.69) is 10.0 Å². The highest BCUT2D eigenvalue weighted by molar-refractivity contribution is 7.89. The summed E-state index contributed by atoms with van der Waals surface area (Å²) in [7, 11) is 1.27. The molecule has 2 heterocycles. The highest BCUT2D eigenvalue weighted by atomic mass is 35.5. The number of nitrogens with one attached hydrogen (secondary N) is 2. The Hall–Kier alpha value is -1.39. The smallest absolute Gasteiger partial charge is 0.328 e. The number of hydrogen-bond donors (Lipinski definition) is 2. The molecular formula is C17H27ClN4O4S. The Kier molecular flexibility index (Phi) is 6.75. The second-order valence-corrected chi connectivity index (χ2v) is 8.83. The van der Waals surface area contributed by atoms with Crippen LogP contribution in [0.5, 0.6) is 0 Å². The molecule has 8 nitrogen and oxygen atoms in total. The first-order valence-electron chi connectivity index (χ1n) is 8.64. The standard InChI is InChI=1S/C17H26N4O4S.ClH/c1-20-14-5-4-13(10-15(14)21(2)16(20)22)26(23,24)19-11-17(12-25-3)6-8-18-9-7-17;/h4-5,10,18-19H,6-9,11-12H2,1-3H3;1H. The third-order valence-corrected chi connectivity index (χ3v) is 6.70. The molecule has 10 heteroatoms. The van der Waals surface area contributed by atoms with Gasteiger partial charge in [0.15, 0.2) is 0 Å². The number of ether oxygens (including phenoxy) is 1. The molecule has 0 unspecified atom stereocenters. The van der Waals surface area contributed by atoms with E-state index < -0.39 is 10.0 Å². The van der Waals surface area contributed by atoms with Crippen molar-refractivity contribution in [2.24, 2.45) is 19.5 Å². The average molecular weight is 419 g/mol. The second-order valence-electron chi connectivity index (χ2n) is 7.06. The Morgan fingerprint density at radius 2 is 1.81 bits per heavy atom. The zero-order valence-electron chi connectivity index (χ0n) is 15.8. The number of imidazole rings is 1. The molecule has 1 aromatic carbocycles. The van der Waals surface area contributed by atoms with Crippen molar-refractivity contribution in [1.82, 2.24) is 19.2 Å². The molecule has 1 aliphatic heterocycles. The van der Waals surface area contributed by atoms with Crippen molar-refractivity contribution >= 4 is 33.5 Å². The number of halogens is 1. The van der Waals surface area contributed by atoms with Crippen LogP contribution in [-0.2, 0) is 28.9 Å². The molecule has 1 aliphatic rings. The Bertz CT molecular complexity index is 956. The summed E-state index contributed by atoms with van der Waals surface area (Å²) < 4.78 is 36.7. The Morgan fingerprint density at radius 3 is 2.44 bits per heavy atom. The molecule has 0 saturated carbocycles. The van der Waals surface area contributed by atoms with Gasteiger partial charge in [0.05, 0.1) is 22.5 Å². The lowest BCUT2D eigenvalue weighted by atomic mass is 9.80. The van der Waals surface area contributed by atoms with E-state index in [4.69, 9.17) is 4.74 Å². The molecule has 1 fully saturated rings. The number of hydrogen-bond acceptors (Lipinski definition) is 5. The second kappa shape index (κ2) is 8.32. The summed E-state index contributed by atoms with van der Waals surface area (Å²) in [5, 5.41) is 3.29. The van der Waals surface area contributed by atoms with E-state index in [1.54, 1.807) is 33.3 Å². The Balaban J connectivity index is 0.00000261. The molecule has 0 radical (unpaired) electrons. The minimum Gasteiger partial charge on any atom is -0.384 e. The molecule has 0 atom stereocenters. The van der Waals surface area contributed by atoms with Crippen LogP contribution < -0.4 is 15.7 Å². The fourth-order valence-electron chi connectivity index (χ4n) is 3.62. The molecule has 0 bridgehead atoms. The van der Waals surface area contributed by atoms with Crippen LogP contribution >= 0.6 is 12.4 Å². The zero-order chi connectivity index (χ0) is 18.9. The molecular weight excluding hydrogens is 392 g/mol. The minimum atomic E-state index is -3.68. The summed E-state index contributed by atoms with van der Waals surface area (Å²) in [5.74, 6) is 0. The van der Waals surface area contributed by atoms with Gasteiger partial charge in [-0.25, -0.2) is 17.9 Å². The maximum Gasteiger partial charge on any atom is 0.328 e. The monoisotopic (exact) mass is 418 g/mol. The van der Waals surface area contributed by atoms with E-state index in [1.807, 2.05) is 0 Å². The summed E-state index contributed by atoms with van der Waals surface area (Å²) >= 11 is 0. The van der Waals surface area contributed by atoms with Gasteiger partial charge in [0.2, 0.25) is 10.0 Å². The molecule has 1 saturated heterocycles. The zero-order valence-corrected chi connectivity index (χ0v) is 17.5. The number of fused-ring (bicyclic) bond motifs is 1. The van der Waals surface area contributed by atoms with Crippen LogP contribution in [0.4, 0.5) is 0 Å².